The van der Waals surface area contributed by atoms with E-state index < -0.39 is 0 Å². The Morgan fingerprint density at radius 3 is 2.77 bits per heavy atom. The lowest BCUT2D eigenvalue weighted by Crippen LogP contribution is -2.38. The Morgan fingerprint density at radius 1 is 1.03 bits per heavy atom. The minimum Gasteiger partial charge on any atom is -0.486 e. The van der Waals surface area contributed by atoms with Crippen LogP contribution in [0.15, 0.2) is 72.8 Å². The summed E-state index contributed by atoms with van der Waals surface area (Å²) < 4.78 is 8.01. The predicted molar refractivity (Wildman–Crippen MR) is 122 cm³/mol. The van der Waals surface area contributed by atoms with Gasteiger partial charge in [0.15, 0.2) is 0 Å². The quantitative estimate of drug-likeness (QED) is 0.469. The predicted octanol–water partition coefficient (Wildman–Crippen LogP) is 4.90. The van der Waals surface area contributed by atoms with Gasteiger partial charge in [0.05, 0.1) is 11.0 Å². The lowest BCUT2D eigenvalue weighted by molar-refractivity contribution is -0.119. The summed E-state index contributed by atoms with van der Waals surface area (Å²) in [6, 6.07) is 24.1. The van der Waals surface area contributed by atoms with E-state index in [9.17, 15) is 4.79 Å². The first-order valence-corrected chi connectivity index (χ1v) is 10.7. The standard InChI is InChI=1S/C26H25N3O2/c1-19-8-6-11-21(16-19)31-18-25-27-22-12-3-5-14-24(22)29(25)17-26(30)28-15-7-10-20-9-2-4-13-23(20)28/h2-6,8-9,11-14,16H,7,10,15,17-18H2,1H3. The number of fused-ring (bicyclic) bond motifs is 2. The van der Waals surface area contributed by atoms with E-state index >= 15 is 0 Å². The summed E-state index contributed by atoms with van der Waals surface area (Å²) in [5, 5.41) is 0. The number of para-hydroxylation sites is 3. The van der Waals surface area contributed by atoms with Gasteiger partial charge in [0.1, 0.15) is 24.7 Å². The minimum atomic E-state index is 0.0760. The maximum atomic E-state index is 13.4. The Balaban J connectivity index is 1.44. The van der Waals surface area contributed by atoms with Crippen LogP contribution in [-0.2, 0) is 24.4 Å². The first kappa shape index (κ1) is 19.4. The molecule has 0 saturated carbocycles. The average Bonchev–Trinajstić information content (AvgIpc) is 3.14. The van der Waals surface area contributed by atoms with Crippen LogP contribution < -0.4 is 9.64 Å². The summed E-state index contributed by atoms with van der Waals surface area (Å²) in [6.07, 6.45) is 2.00. The molecule has 3 aromatic carbocycles. The summed E-state index contributed by atoms with van der Waals surface area (Å²) >= 11 is 0. The SMILES string of the molecule is Cc1cccc(OCc2nc3ccccc3n2CC(=O)N2CCCc3ccccc32)c1. The number of rotatable bonds is 5. The van der Waals surface area contributed by atoms with Crippen LogP contribution in [0.4, 0.5) is 5.69 Å². The van der Waals surface area contributed by atoms with Crippen molar-refractivity contribution in [3.05, 3.63) is 89.7 Å². The monoisotopic (exact) mass is 411 g/mol. The Morgan fingerprint density at radius 2 is 1.87 bits per heavy atom. The second-order valence-corrected chi connectivity index (χ2v) is 7.99. The van der Waals surface area contributed by atoms with E-state index in [-0.39, 0.29) is 12.5 Å². The van der Waals surface area contributed by atoms with Gasteiger partial charge in [0.2, 0.25) is 5.91 Å². The molecule has 0 unspecified atom stereocenters. The molecule has 0 spiro atoms. The maximum absolute atomic E-state index is 13.4. The third-order valence-corrected chi connectivity index (χ3v) is 5.80. The highest BCUT2D eigenvalue weighted by Gasteiger charge is 2.24. The molecule has 0 saturated heterocycles. The van der Waals surface area contributed by atoms with Gasteiger partial charge in [-0.15, -0.1) is 0 Å². The Bertz CT molecular complexity index is 1240. The Labute approximate surface area is 181 Å². The summed E-state index contributed by atoms with van der Waals surface area (Å²) in [5.41, 5.74) is 5.23. The van der Waals surface area contributed by atoms with Crippen molar-refractivity contribution in [2.24, 2.45) is 0 Å². The number of carbonyl (C=O) groups is 1. The van der Waals surface area contributed by atoms with Gasteiger partial charge in [-0.2, -0.15) is 0 Å². The smallest absolute Gasteiger partial charge is 0.246 e. The summed E-state index contributed by atoms with van der Waals surface area (Å²) in [6.45, 7) is 3.33. The highest BCUT2D eigenvalue weighted by molar-refractivity contribution is 5.95. The fraction of sp³-hybridized carbons (Fsp3) is 0.231. The third kappa shape index (κ3) is 3.91. The molecule has 31 heavy (non-hydrogen) atoms. The molecule has 0 radical (unpaired) electrons. The van der Waals surface area contributed by atoms with Crippen LogP contribution in [0.3, 0.4) is 0 Å². The topological polar surface area (TPSA) is 47.4 Å². The zero-order chi connectivity index (χ0) is 21.2. The van der Waals surface area contributed by atoms with Gasteiger partial charge in [-0.1, -0.05) is 42.5 Å². The number of ether oxygens (including phenoxy) is 1. The van der Waals surface area contributed by atoms with Gasteiger partial charge < -0.3 is 14.2 Å². The number of amides is 1. The van der Waals surface area contributed by atoms with Crippen LogP contribution in [-0.4, -0.2) is 22.0 Å². The van der Waals surface area contributed by atoms with Gasteiger partial charge >= 0.3 is 0 Å². The van der Waals surface area contributed by atoms with Crippen molar-refractivity contribution in [3.8, 4) is 5.75 Å². The number of aromatic nitrogens is 2. The van der Waals surface area contributed by atoms with Crippen molar-refractivity contribution < 1.29 is 9.53 Å². The van der Waals surface area contributed by atoms with Crippen LogP contribution in [0.25, 0.3) is 11.0 Å². The molecule has 1 amide bonds. The molecule has 0 aliphatic carbocycles. The fourth-order valence-corrected chi connectivity index (χ4v) is 4.28. The molecule has 156 valence electrons. The van der Waals surface area contributed by atoms with E-state index in [0.717, 1.165) is 53.2 Å². The Kier molecular flexibility index (Phi) is 5.16. The molecule has 1 aliphatic heterocycles. The maximum Gasteiger partial charge on any atom is 0.246 e. The average molecular weight is 412 g/mol. The zero-order valence-electron chi connectivity index (χ0n) is 17.6. The molecule has 1 aromatic heterocycles. The van der Waals surface area contributed by atoms with Crippen molar-refractivity contribution in [3.63, 3.8) is 0 Å². The fourth-order valence-electron chi connectivity index (χ4n) is 4.28. The van der Waals surface area contributed by atoms with Gasteiger partial charge in [0.25, 0.3) is 0 Å². The van der Waals surface area contributed by atoms with Gasteiger partial charge in [-0.05, 0) is 61.2 Å². The molecule has 4 aromatic rings. The van der Waals surface area contributed by atoms with Crippen LogP contribution >= 0.6 is 0 Å². The van der Waals surface area contributed by atoms with Crippen molar-refractivity contribution in [2.75, 3.05) is 11.4 Å². The molecule has 1 aliphatic rings. The second kappa shape index (κ2) is 8.26. The number of imidazole rings is 1. The molecule has 0 fully saturated rings. The van der Waals surface area contributed by atoms with Crippen LogP contribution in [0.1, 0.15) is 23.4 Å². The van der Waals surface area contributed by atoms with Gasteiger partial charge in [0, 0.05) is 12.2 Å². The van der Waals surface area contributed by atoms with Crippen LogP contribution in [0.5, 0.6) is 5.75 Å². The van der Waals surface area contributed by atoms with E-state index in [0.29, 0.717) is 6.61 Å². The van der Waals surface area contributed by atoms with Crippen LogP contribution in [0.2, 0.25) is 0 Å². The number of anilines is 1. The number of benzene rings is 3. The Hall–Kier alpha value is -3.60. The normalized spacial score (nSPS) is 13.3. The lowest BCUT2D eigenvalue weighted by Gasteiger charge is -2.29. The summed E-state index contributed by atoms with van der Waals surface area (Å²) in [4.78, 5) is 20.1. The van der Waals surface area contributed by atoms with Crippen molar-refractivity contribution >= 4 is 22.6 Å². The lowest BCUT2D eigenvalue weighted by atomic mass is 10.0. The highest BCUT2D eigenvalue weighted by atomic mass is 16.5. The third-order valence-electron chi connectivity index (χ3n) is 5.80. The van der Waals surface area contributed by atoms with Gasteiger partial charge in [-0.3, -0.25) is 4.79 Å². The molecule has 0 N–H and O–H groups in total. The largest absolute Gasteiger partial charge is 0.486 e. The minimum absolute atomic E-state index is 0.0760. The molecule has 0 bridgehead atoms. The second-order valence-electron chi connectivity index (χ2n) is 7.99. The summed E-state index contributed by atoms with van der Waals surface area (Å²) in [5.74, 6) is 1.63. The molecule has 5 heteroatoms. The van der Waals surface area contributed by atoms with Crippen molar-refractivity contribution in [2.45, 2.75) is 32.9 Å². The zero-order valence-corrected chi connectivity index (χ0v) is 17.6. The van der Waals surface area contributed by atoms with Crippen LogP contribution in [0, 0.1) is 6.92 Å². The number of carbonyl (C=O) groups excluding carboxylic acids is 1. The molecule has 5 rings (SSSR count). The molecule has 2 heterocycles. The van der Waals surface area contributed by atoms with E-state index in [4.69, 9.17) is 9.72 Å². The van der Waals surface area contributed by atoms with Gasteiger partial charge in [-0.25, -0.2) is 4.98 Å². The number of hydrogen-bond donors (Lipinski definition) is 0. The first-order chi connectivity index (χ1) is 15.2. The number of nitrogens with zero attached hydrogens (tertiary/aromatic N) is 3. The molecule has 5 nitrogen and oxygen atoms in total. The number of aryl methyl sites for hydroxylation is 2. The van der Waals surface area contributed by atoms with Crippen molar-refractivity contribution in [1.29, 1.82) is 0 Å². The highest BCUT2D eigenvalue weighted by Crippen LogP contribution is 2.27. The first-order valence-electron chi connectivity index (χ1n) is 10.7. The number of hydrogen-bond acceptors (Lipinski definition) is 3. The van der Waals surface area contributed by atoms with E-state index in [1.165, 1.54) is 5.56 Å². The molecular formula is C26H25N3O2. The van der Waals surface area contributed by atoms with Crippen molar-refractivity contribution in [1.82, 2.24) is 9.55 Å². The molecular weight excluding hydrogens is 386 g/mol. The van der Waals surface area contributed by atoms with E-state index in [1.807, 2.05) is 83.1 Å². The van der Waals surface area contributed by atoms with E-state index in [2.05, 4.69) is 6.07 Å². The summed E-state index contributed by atoms with van der Waals surface area (Å²) in [7, 11) is 0. The van der Waals surface area contributed by atoms with E-state index in [1.54, 1.807) is 0 Å². The molecule has 0 atom stereocenters.